The lowest BCUT2D eigenvalue weighted by Gasteiger charge is -2.06. The van der Waals surface area contributed by atoms with Crippen molar-refractivity contribution in [2.45, 2.75) is 18.9 Å². The summed E-state index contributed by atoms with van der Waals surface area (Å²) in [5.41, 5.74) is 2.60. The Kier molecular flexibility index (Phi) is 5.33. The second-order valence-electron chi connectivity index (χ2n) is 7.06. The van der Waals surface area contributed by atoms with Gasteiger partial charge in [-0.2, -0.15) is 5.10 Å². The van der Waals surface area contributed by atoms with Crippen LogP contribution in [0.5, 0.6) is 11.5 Å². The number of halogens is 1. The molecule has 0 N–H and O–H groups in total. The second-order valence-corrected chi connectivity index (χ2v) is 7.89. The topological polar surface area (TPSA) is 57.3 Å². The van der Waals surface area contributed by atoms with E-state index in [-0.39, 0.29) is 18.7 Å². The zero-order valence-corrected chi connectivity index (χ0v) is 17.0. The van der Waals surface area contributed by atoms with Gasteiger partial charge in [-0.15, -0.1) is 11.3 Å². The molecule has 154 valence electrons. The zero-order chi connectivity index (χ0) is 20.3. The van der Waals surface area contributed by atoms with E-state index in [0.29, 0.717) is 12.3 Å². The molecule has 1 atom stereocenters. The number of thiazole rings is 1. The van der Waals surface area contributed by atoms with Crippen molar-refractivity contribution in [3.05, 3.63) is 64.0 Å². The zero-order valence-electron chi connectivity index (χ0n) is 16.2. The molecule has 3 heterocycles. The molecular formula is C22H20FN3O3S. The minimum absolute atomic E-state index is 0.160. The molecule has 0 aliphatic carbocycles. The monoisotopic (exact) mass is 425 g/mol. The lowest BCUT2D eigenvalue weighted by molar-refractivity contribution is 0.117. The minimum atomic E-state index is -0.271. The third kappa shape index (κ3) is 4.01. The first-order chi connectivity index (χ1) is 14.8. The smallest absolute Gasteiger partial charge is 0.231 e. The highest BCUT2D eigenvalue weighted by Gasteiger charge is 2.16. The summed E-state index contributed by atoms with van der Waals surface area (Å²) in [7, 11) is 0. The highest BCUT2D eigenvalue weighted by molar-refractivity contribution is 7.07. The highest BCUT2D eigenvalue weighted by atomic mass is 32.1. The molecule has 0 amide bonds. The highest BCUT2D eigenvalue weighted by Crippen LogP contribution is 2.32. The van der Waals surface area contributed by atoms with E-state index in [1.165, 1.54) is 23.5 Å². The van der Waals surface area contributed by atoms with Gasteiger partial charge in [0.05, 0.1) is 24.6 Å². The van der Waals surface area contributed by atoms with Gasteiger partial charge in [-0.05, 0) is 60.9 Å². The van der Waals surface area contributed by atoms with Gasteiger partial charge in [0, 0.05) is 17.6 Å². The molecule has 0 spiro atoms. The quantitative estimate of drug-likeness (QED) is 0.580. The summed E-state index contributed by atoms with van der Waals surface area (Å²) >= 11 is 1.50. The Morgan fingerprint density at radius 2 is 2.00 bits per heavy atom. The van der Waals surface area contributed by atoms with Crippen LogP contribution in [0, 0.1) is 5.82 Å². The van der Waals surface area contributed by atoms with Crippen LogP contribution in [0.1, 0.15) is 18.4 Å². The van der Waals surface area contributed by atoms with Gasteiger partial charge < -0.3 is 14.2 Å². The Morgan fingerprint density at radius 1 is 1.13 bits per heavy atom. The van der Waals surface area contributed by atoms with Gasteiger partial charge in [-0.25, -0.2) is 9.07 Å². The number of nitrogens with zero attached hydrogens (tertiary/aromatic N) is 3. The molecule has 1 unspecified atom stereocenters. The maximum atomic E-state index is 13.4. The van der Waals surface area contributed by atoms with Gasteiger partial charge in [0.2, 0.25) is 11.6 Å². The summed E-state index contributed by atoms with van der Waals surface area (Å²) in [5, 5.41) is 6.67. The van der Waals surface area contributed by atoms with Crippen molar-refractivity contribution in [1.29, 1.82) is 0 Å². The molecule has 2 aliphatic heterocycles. The van der Waals surface area contributed by atoms with Crippen molar-refractivity contribution in [3.63, 3.8) is 0 Å². The number of fused-ring (bicyclic) bond motifs is 1. The van der Waals surface area contributed by atoms with Gasteiger partial charge in [-0.3, -0.25) is 4.99 Å². The predicted octanol–water partition coefficient (Wildman–Crippen LogP) is 4.05. The third-order valence-electron chi connectivity index (χ3n) is 5.00. The van der Waals surface area contributed by atoms with Crippen LogP contribution in [-0.4, -0.2) is 36.9 Å². The Balaban J connectivity index is 1.50. The number of ether oxygens (including phenoxy) is 3. The van der Waals surface area contributed by atoms with Crippen molar-refractivity contribution in [2.24, 2.45) is 10.1 Å². The van der Waals surface area contributed by atoms with Crippen LogP contribution in [0.15, 0.2) is 57.9 Å². The van der Waals surface area contributed by atoms with Gasteiger partial charge in [0.1, 0.15) is 5.82 Å². The molecule has 0 saturated carbocycles. The third-order valence-corrected chi connectivity index (χ3v) is 5.85. The number of rotatable bonds is 5. The largest absolute Gasteiger partial charge is 0.454 e. The van der Waals surface area contributed by atoms with E-state index in [1.807, 2.05) is 23.6 Å². The van der Waals surface area contributed by atoms with Crippen molar-refractivity contribution in [1.82, 2.24) is 4.68 Å². The molecule has 0 radical (unpaired) electrons. The molecule has 5 rings (SSSR count). The average Bonchev–Trinajstić information content (AvgIpc) is 3.51. The van der Waals surface area contributed by atoms with E-state index < -0.39 is 0 Å². The van der Waals surface area contributed by atoms with Crippen LogP contribution in [0.3, 0.4) is 0 Å². The molecular weight excluding hydrogens is 405 g/mol. The molecule has 1 aromatic heterocycles. The molecule has 1 saturated heterocycles. The van der Waals surface area contributed by atoms with E-state index in [4.69, 9.17) is 19.2 Å². The molecule has 2 aromatic carbocycles. The molecule has 0 bridgehead atoms. The van der Waals surface area contributed by atoms with Crippen LogP contribution in [0.2, 0.25) is 0 Å². The molecule has 6 nitrogen and oxygen atoms in total. The van der Waals surface area contributed by atoms with Crippen molar-refractivity contribution >= 4 is 17.6 Å². The number of aromatic nitrogens is 1. The fourth-order valence-corrected chi connectivity index (χ4v) is 4.27. The van der Waals surface area contributed by atoms with Crippen LogP contribution in [0.4, 0.5) is 4.39 Å². The van der Waals surface area contributed by atoms with E-state index in [2.05, 4.69) is 5.10 Å². The first-order valence-corrected chi connectivity index (χ1v) is 10.7. The van der Waals surface area contributed by atoms with Crippen LogP contribution in [0.25, 0.3) is 11.3 Å². The first kappa shape index (κ1) is 19.0. The Hall–Kier alpha value is -2.97. The van der Waals surface area contributed by atoms with Crippen molar-refractivity contribution < 1.29 is 18.6 Å². The van der Waals surface area contributed by atoms with Crippen LogP contribution >= 0.6 is 11.3 Å². The molecule has 30 heavy (non-hydrogen) atoms. The SMILES string of the molecule is Fc1ccc(-c2csc(=NCC3CCCO3)n2/N=C/c2ccc3c(c2)OCO3)cc1. The van der Waals surface area contributed by atoms with Crippen molar-refractivity contribution in [2.75, 3.05) is 19.9 Å². The minimum Gasteiger partial charge on any atom is -0.454 e. The summed E-state index contributed by atoms with van der Waals surface area (Å²) in [4.78, 5) is 5.51. The summed E-state index contributed by atoms with van der Waals surface area (Å²) in [6, 6.07) is 12.1. The lowest BCUT2D eigenvalue weighted by Crippen LogP contribution is -2.17. The molecule has 3 aromatic rings. The van der Waals surface area contributed by atoms with E-state index >= 15 is 0 Å². The van der Waals surface area contributed by atoms with E-state index in [1.54, 1.807) is 23.0 Å². The Bertz CT molecular complexity index is 1130. The van der Waals surface area contributed by atoms with Crippen molar-refractivity contribution in [3.8, 4) is 22.8 Å². The predicted molar refractivity (Wildman–Crippen MR) is 113 cm³/mol. The van der Waals surface area contributed by atoms with Crippen LogP contribution in [-0.2, 0) is 4.74 Å². The number of benzene rings is 2. The normalized spacial score (nSPS) is 18.6. The lowest BCUT2D eigenvalue weighted by atomic mass is 10.2. The van der Waals surface area contributed by atoms with Crippen LogP contribution < -0.4 is 14.3 Å². The standard InChI is InChI=1S/C22H20FN3O3S/c23-17-6-4-16(5-7-17)19-13-30-22(24-12-18-2-1-9-27-18)26(19)25-11-15-3-8-20-21(10-15)29-14-28-20/h3-8,10-11,13,18H,1-2,9,12,14H2/b24-22?,25-11+. The number of hydrogen-bond donors (Lipinski definition) is 0. The maximum Gasteiger partial charge on any atom is 0.231 e. The fraction of sp³-hybridized carbons (Fsp3) is 0.273. The summed E-state index contributed by atoms with van der Waals surface area (Å²) in [5.74, 6) is 1.17. The molecule has 8 heteroatoms. The number of hydrogen-bond acceptors (Lipinski definition) is 6. The van der Waals surface area contributed by atoms with E-state index in [0.717, 1.165) is 46.8 Å². The maximum absolute atomic E-state index is 13.4. The molecule has 1 fully saturated rings. The Morgan fingerprint density at radius 3 is 2.83 bits per heavy atom. The first-order valence-electron chi connectivity index (χ1n) is 9.79. The average molecular weight is 425 g/mol. The summed E-state index contributed by atoms with van der Waals surface area (Å²) in [6.45, 7) is 1.63. The van der Waals surface area contributed by atoms with Gasteiger partial charge in [-0.1, -0.05) is 0 Å². The summed E-state index contributed by atoms with van der Waals surface area (Å²) in [6.07, 6.45) is 4.02. The van der Waals surface area contributed by atoms with E-state index in [9.17, 15) is 4.39 Å². The van der Waals surface area contributed by atoms with Gasteiger partial charge in [0.25, 0.3) is 0 Å². The Labute approximate surface area is 176 Å². The second kappa shape index (κ2) is 8.41. The molecule has 2 aliphatic rings. The van der Waals surface area contributed by atoms with Gasteiger partial charge in [0.15, 0.2) is 11.5 Å². The summed E-state index contributed by atoms with van der Waals surface area (Å²) < 4.78 is 31.7. The fourth-order valence-electron chi connectivity index (χ4n) is 3.42. The van der Waals surface area contributed by atoms with Gasteiger partial charge >= 0.3 is 0 Å².